The molecule has 1 aliphatic heterocycles. The number of hydrazone groups is 1. The number of hydrogen-bond acceptors (Lipinski definition) is 4. The Morgan fingerprint density at radius 1 is 1.33 bits per heavy atom. The Hall–Kier alpha value is -1.06. The Kier molecular flexibility index (Phi) is 2.35. The van der Waals surface area contributed by atoms with Gasteiger partial charge in [0, 0.05) is 12.1 Å². The first kappa shape index (κ1) is 9.19. The molecule has 82 valence electrons. The Labute approximate surface area is 90.4 Å². The molecule has 0 unspecified atom stereocenters. The van der Waals surface area contributed by atoms with Crippen LogP contribution in [0, 0.1) is 17.8 Å². The fourth-order valence-corrected chi connectivity index (χ4v) is 2.24. The van der Waals surface area contributed by atoms with Gasteiger partial charge >= 0.3 is 0 Å². The molecular weight excluding hydrogens is 188 g/mol. The van der Waals surface area contributed by atoms with Gasteiger partial charge in [-0.2, -0.15) is 5.10 Å². The highest BCUT2D eigenvalue weighted by Gasteiger charge is 2.40. The molecule has 0 aromatic heterocycles. The summed E-state index contributed by atoms with van der Waals surface area (Å²) in [5.74, 6) is 2.63. The van der Waals surface area contributed by atoms with E-state index in [2.05, 4.69) is 21.8 Å². The molecule has 0 bridgehead atoms. The van der Waals surface area contributed by atoms with Gasteiger partial charge < -0.3 is 0 Å². The molecule has 0 aromatic carbocycles. The lowest BCUT2D eigenvalue weighted by atomic mass is 10.00. The van der Waals surface area contributed by atoms with Crippen molar-refractivity contribution in [1.29, 1.82) is 0 Å². The molecule has 4 heteroatoms. The summed E-state index contributed by atoms with van der Waals surface area (Å²) >= 11 is 0. The van der Waals surface area contributed by atoms with Gasteiger partial charge in [-0.3, -0.25) is 10.0 Å². The maximum absolute atomic E-state index is 4.34. The maximum Gasteiger partial charge on any atom is 0.105 e. The Bertz CT molecular complexity index is 266. The summed E-state index contributed by atoms with van der Waals surface area (Å²) in [4.78, 5) is 4.12. The zero-order valence-electron chi connectivity index (χ0n) is 8.97. The molecule has 0 radical (unpaired) electrons. The van der Waals surface area contributed by atoms with Gasteiger partial charge in [0.05, 0.1) is 13.1 Å². The van der Waals surface area contributed by atoms with Gasteiger partial charge in [0.1, 0.15) is 6.34 Å². The molecule has 1 heterocycles. The highest BCUT2D eigenvalue weighted by Crippen LogP contribution is 2.48. The van der Waals surface area contributed by atoms with Gasteiger partial charge in [-0.15, -0.1) is 0 Å². The summed E-state index contributed by atoms with van der Waals surface area (Å²) in [6, 6.07) is 0. The van der Waals surface area contributed by atoms with Crippen LogP contribution in [0.2, 0.25) is 0 Å². The second-order valence-electron chi connectivity index (χ2n) is 4.85. The quantitative estimate of drug-likeness (QED) is 0.543. The molecule has 3 aliphatic rings. The molecular formula is C11H18N4. The van der Waals surface area contributed by atoms with Crippen molar-refractivity contribution in [1.82, 2.24) is 10.5 Å². The standard InChI is InChI=1S/C11H18N4/c1-2-9(1)11(10-3-4-10)7-13-14-15-6-5-12-8-15/h7-11,14H,1-6H2. The lowest BCUT2D eigenvalue weighted by Crippen LogP contribution is -2.31. The molecule has 0 atom stereocenters. The smallest absolute Gasteiger partial charge is 0.105 e. The Morgan fingerprint density at radius 3 is 2.60 bits per heavy atom. The average Bonchev–Trinajstić information content (AvgIpc) is 3.15. The van der Waals surface area contributed by atoms with Crippen LogP contribution in [0.5, 0.6) is 0 Å². The summed E-state index contributed by atoms with van der Waals surface area (Å²) in [6.45, 7) is 1.83. The first-order valence-electron chi connectivity index (χ1n) is 5.99. The lowest BCUT2D eigenvalue weighted by molar-refractivity contribution is 0.351. The summed E-state index contributed by atoms with van der Waals surface area (Å²) < 4.78 is 0. The zero-order chi connectivity index (χ0) is 10.1. The number of nitrogens with zero attached hydrogens (tertiary/aromatic N) is 3. The number of aliphatic imine (C=N–C) groups is 1. The molecule has 0 spiro atoms. The minimum Gasteiger partial charge on any atom is -0.272 e. The second kappa shape index (κ2) is 3.83. The maximum atomic E-state index is 4.34. The van der Waals surface area contributed by atoms with Crippen molar-refractivity contribution in [2.45, 2.75) is 25.7 Å². The Balaban J connectivity index is 1.48. The molecule has 2 aliphatic carbocycles. The van der Waals surface area contributed by atoms with E-state index in [4.69, 9.17) is 0 Å². The van der Waals surface area contributed by atoms with Crippen LogP contribution in [0.1, 0.15) is 25.7 Å². The topological polar surface area (TPSA) is 40.0 Å². The fourth-order valence-electron chi connectivity index (χ4n) is 2.24. The molecule has 0 saturated heterocycles. The molecule has 4 nitrogen and oxygen atoms in total. The van der Waals surface area contributed by atoms with Gasteiger partial charge in [0.15, 0.2) is 0 Å². The van der Waals surface area contributed by atoms with Crippen molar-refractivity contribution in [2.24, 2.45) is 27.8 Å². The monoisotopic (exact) mass is 206 g/mol. The largest absolute Gasteiger partial charge is 0.272 e. The summed E-state index contributed by atoms with van der Waals surface area (Å²) in [5.41, 5.74) is 3.03. The van der Waals surface area contributed by atoms with Crippen molar-refractivity contribution in [2.75, 3.05) is 13.1 Å². The van der Waals surface area contributed by atoms with Crippen molar-refractivity contribution < 1.29 is 0 Å². The van der Waals surface area contributed by atoms with Crippen LogP contribution >= 0.6 is 0 Å². The van der Waals surface area contributed by atoms with Crippen LogP contribution in [-0.4, -0.2) is 30.7 Å². The van der Waals surface area contributed by atoms with E-state index in [9.17, 15) is 0 Å². The first-order valence-corrected chi connectivity index (χ1v) is 5.99. The number of hydrogen-bond donors (Lipinski definition) is 1. The average molecular weight is 206 g/mol. The number of hydrazine groups is 1. The van der Waals surface area contributed by atoms with Crippen molar-refractivity contribution in [3.05, 3.63) is 0 Å². The predicted molar refractivity (Wildman–Crippen MR) is 60.6 cm³/mol. The van der Waals surface area contributed by atoms with Crippen molar-refractivity contribution >= 4 is 12.6 Å². The van der Waals surface area contributed by atoms with Crippen LogP contribution in [0.25, 0.3) is 0 Å². The fraction of sp³-hybridized carbons (Fsp3) is 0.818. The third-order valence-electron chi connectivity index (χ3n) is 3.46. The van der Waals surface area contributed by atoms with E-state index in [1.54, 1.807) is 0 Å². The van der Waals surface area contributed by atoms with Gasteiger partial charge in [-0.1, -0.05) is 0 Å². The Morgan fingerprint density at radius 2 is 2.07 bits per heavy atom. The molecule has 15 heavy (non-hydrogen) atoms. The van der Waals surface area contributed by atoms with E-state index in [0.717, 1.165) is 30.8 Å². The van der Waals surface area contributed by atoms with E-state index in [-0.39, 0.29) is 0 Å². The van der Waals surface area contributed by atoms with Gasteiger partial charge in [0.2, 0.25) is 0 Å². The highest BCUT2D eigenvalue weighted by atomic mass is 15.7. The molecule has 0 aromatic rings. The third-order valence-corrected chi connectivity index (χ3v) is 3.46. The van der Waals surface area contributed by atoms with Crippen molar-refractivity contribution in [3.63, 3.8) is 0 Å². The van der Waals surface area contributed by atoms with E-state index in [1.165, 1.54) is 25.7 Å². The second-order valence-corrected chi connectivity index (χ2v) is 4.85. The minimum absolute atomic E-state index is 0.747. The van der Waals surface area contributed by atoms with Gasteiger partial charge in [0.25, 0.3) is 0 Å². The molecule has 1 N–H and O–H groups in total. The summed E-state index contributed by atoms with van der Waals surface area (Å²) in [7, 11) is 0. The summed E-state index contributed by atoms with van der Waals surface area (Å²) in [6.07, 6.45) is 9.62. The summed E-state index contributed by atoms with van der Waals surface area (Å²) in [5, 5.41) is 6.27. The van der Waals surface area contributed by atoms with Crippen LogP contribution in [0.15, 0.2) is 10.1 Å². The van der Waals surface area contributed by atoms with Crippen LogP contribution in [-0.2, 0) is 0 Å². The number of rotatable bonds is 5. The van der Waals surface area contributed by atoms with Gasteiger partial charge in [-0.25, -0.2) is 5.53 Å². The first-order chi connectivity index (χ1) is 7.43. The van der Waals surface area contributed by atoms with Gasteiger partial charge in [-0.05, 0) is 37.5 Å². The lowest BCUT2D eigenvalue weighted by Gasteiger charge is -2.13. The zero-order valence-corrected chi connectivity index (χ0v) is 8.97. The minimum atomic E-state index is 0.747. The van der Waals surface area contributed by atoms with E-state index >= 15 is 0 Å². The number of nitrogens with one attached hydrogen (secondary N) is 1. The van der Waals surface area contributed by atoms with E-state index in [1.807, 2.05) is 11.3 Å². The van der Waals surface area contributed by atoms with Crippen molar-refractivity contribution in [3.8, 4) is 0 Å². The molecule has 2 fully saturated rings. The van der Waals surface area contributed by atoms with Crippen LogP contribution in [0.4, 0.5) is 0 Å². The SMILES string of the molecule is C1=NCCN1NN=CC(C1CC1)C1CC1. The third kappa shape index (κ3) is 2.30. The normalized spacial score (nSPS) is 25.8. The van der Waals surface area contributed by atoms with E-state index < -0.39 is 0 Å². The highest BCUT2D eigenvalue weighted by molar-refractivity contribution is 5.63. The van der Waals surface area contributed by atoms with Crippen LogP contribution < -0.4 is 5.53 Å². The molecule has 3 rings (SSSR count). The molecule has 2 saturated carbocycles. The van der Waals surface area contributed by atoms with E-state index in [0.29, 0.717) is 0 Å². The molecule has 0 amide bonds. The predicted octanol–water partition coefficient (Wildman–Crippen LogP) is 1.26. The van der Waals surface area contributed by atoms with Crippen LogP contribution in [0.3, 0.4) is 0 Å².